The van der Waals surface area contributed by atoms with E-state index in [-0.39, 0.29) is 11.9 Å². The molecule has 6 heteroatoms. The van der Waals surface area contributed by atoms with Crippen molar-refractivity contribution in [1.29, 1.82) is 0 Å². The van der Waals surface area contributed by atoms with E-state index in [1.54, 1.807) is 6.20 Å². The molecular formula is C20H27N3O2S. The summed E-state index contributed by atoms with van der Waals surface area (Å²) < 4.78 is 0. The van der Waals surface area contributed by atoms with Crippen LogP contribution in [0.4, 0.5) is 0 Å². The van der Waals surface area contributed by atoms with E-state index in [0.717, 1.165) is 55.8 Å². The SMILES string of the molecule is CSc1ncc(C(=O)NC2C3CC4CC2CC(O)(C4)C3)c(C2CCC2)n1. The zero-order chi connectivity index (χ0) is 17.9. The number of nitrogens with zero attached hydrogens (tertiary/aromatic N) is 2. The minimum Gasteiger partial charge on any atom is -0.390 e. The second kappa shape index (κ2) is 6.20. The predicted molar refractivity (Wildman–Crippen MR) is 100 cm³/mol. The molecule has 2 unspecified atom stereocenters. The lowest BCUT2D eigenvalue weighted by Gasteiger charge is -2.58. The number of thioether (sulfide) groups is 1. The lowest BCUT2D eigenvalue weighted by molar-refractivity contribution is -0.136. The number of aromatic nitrogens is 2. The van der Waals surface area contributed by atoms with Gasteiger partial charge >= 0.3 is 0 Å². The Hall–Kier alpha value is -1.14. The Bertz CT molecular complexity index is 720. The van der Waals surface area contributed by atoms with E-state index in [1.165, 1.54) is 18.2 Å². The Morgan fingerprint density at radius 3 is 2.58 bits per heavy atom. The fourth-order valence-electron chi connectivity index (χ4n) is 6.09. The Morgan fingerprint density at radius 2 is 2.00 bits per heavy atom. The molecule has 0 aromatic carbocycles. The molecule has 1 aromatic heterocycles. The number of nitrogens with one attached hydrogen (secondary N) is 1. The van der Waals surface area contributed by atoms with Crippen molar-refractivity contribution in [3.8, 4) is 0 Å². The molecule has 5 saturated carbocycles. The monoisotopic (exact) mass is 373 g/mol. The summed E-state index contributed by atoms with van der Waals surface area (Å²) in [5, 5.41) is 14.8. The van der Waals surface area contributed by atoms with Crippen LogP contribution in [0.1, 0.15) is 73.3 Å². The molecule has 6 rings (SSSR count). The van der Waals surface area contributed by atoms with Crippen LogP contribution in [0, 0.1) is 17.8 Å². The van der Waals surface area contributed by atoms with Crippen LogP contribution in [0.15, 0.2) is 11.4 Å². The van der Waals surface area contributed by atoms with E-state index in [2.05, 4.69) is 15.3 Å². The van der Waals surface area contributed by atoms with Crippen molar-refractivity contribution in [2.75, 3.05) is 6.26 Å². The molecule has 5 fully saturated rings. The summed E-state index contributed by atoms with van der Waals surface area (Å²) in [6.45, 7) is 0. The number of aliphatic hydroxyl groups is 1. The molecule has 140 valence electrons. The lowest BCUT2D eigenvalue weighted by atomic mass is 9.52. The van der Waals surface area contributed by atoms with Gasteiger partial charge in [-0.25, -0.2) is 9.97 Å². The molecule has 26 heavy (non-hydrogen) atoms. The summed E-state index contributed by atoms with van der Waals surface area (Å²) >= 11 is 1.53. The van der Waals surface area contributed by atoms with Gasteiger partial charge in [0.1, 0.15) is 0 Å². The molecule has 0 saturated heterocycles. The predicted octanol–water partition coefficient (Wildman–Crippen LogP) is 3.14. The molecule has 0 aliphatic heterocycles. The van der Waals surface area contributed by atoms with Gasteiger partial charge in [0.05, 0.1) is 16.9 Å². The van der Waals surface area contributed by atoms with Crippen molar-refractivity contribution in [3.05, 3.63) is 17.5 Å². The van der Waals surface area contributed by atoms with E-state index >= 15 is 0 Å². The standard InChI is InChI=1S/C20H27N3O2S/c1-26-19-21-10-15(17(23-19)12-3-2-4-12)18(24)22-16-13-5-11-6-14(16)9-20(25,7-11)8-13/h10-14,16,25H,2-9H2,1H3,(H,22,24). The molecular weight excluding hydrogens is 346 g/mol. The molecule has 1 heterocycles. The largest absolute Gasteiger partial charge is 0.390 e. The summed E-state index contributed by atoms with van der Waals surface area (Å²) in [5.41, 5.74) is 1.15. The van der Waals surface area contributed by atoms with Gasteiger partial charge in [-0.05, 0) is 69.0 Å². The molecule has 5 aliphatic carbocycles. The number of carbonyl (C=O) groups is 1. The van der Waals surface area contributed by atoms with E-state index < -0.39 is 5.60 Å². The summed E-state index contributed by atoms with van der Waals surface area (Å²) in [7, 11) is 0. The topological polar surface area (TPSA) is 75.1 Å². The fraction of sp³-hybridized carbons (Fsp3) is 0.750. The van der Waals surface area contributed by atoms with E-state index in [0.29, 0.717) is 29.2 Å². The van der Waals surface area contributed by atoms with Gasteiger partial charge in [-0.15, -0.1) is 0 Å². The van der Waals surface area contributed by atoms with Crippen molar-refractivity contribution < 1.29 is 9.90 Å². The van der Waals surface area contributed by atoms with Gasteiger partial charge < -0.3 is 10.4 Å². The third-order valence-corrected chi connectivity index (χ3v) is 7.82. The quantitative estimate of drug-likeness (QED) is 0.626. The van der Waals surface area contributed by atoms with Gasteiger partial charge in [0, 0.05) is 18.2 Å². The smallest absolute Gasteiger partial charge is 0.254 e. The normalized spacial score (nSPS) is 38.2. The zero-order valence-electron chi connectivity index (χ0n) is 15.3. The molecule has 0 radical (unpaired) electrons. The van der Waals surface area contributed by atoms with Gasteiger partial charge in [-0.3, -0.25) is 4.79 Å². The van der Waals surface area contributed by atoms with Crippen LogP contribution < -0.4 is 5.32 Å². The lowest BCUT2D eigenvalue weighted by Crippen LogP contribution is -2.61. The number of rotatable bonds is 4. The number of carbonyl (C=O) groups excluding carboxylic acids is 1. The van der Waals surface area contributed by atoms with Crippen LogP contribution in [-0.4, -0.2) is 38.9 Å². The summed E-state index contributed by atoms with van der Waals surface area (Å²) in [5.74, 6) is 1.90. The van der Waals surface area contributed by atoms with E-state index in [1.807, 2.05) is 6.26 Å². The van der Waals surface area contributed by atoms with Gasteiger partial charge in [0.2, 0.25) is 0 Å². The Morgan fingerprint density at radius 1 is 1.27 bits per heavy atom. The average molecular weight is 374 g/mol. The van der Waals surface area contributed by atoms with Crippen molar-refractivity contribution in [3.63, 3.8) is 0 Å². The first-order valence-electron chi connectivity index (χ1n) is 9.99. The first kappa shape index (κ1) is 17.0. The summed E-state index contributed by atoms with van der Waals surface area (Å²) in [6, 6.07) is 0.203. The second-order valence-electron chi connectivity index (χ2n) is 8.98. The maximum Gasteiger partial charge on any atom is 0.254 e. The molecule has 1 aromatic rings. The third kappa shape index (κ3) is 2.76. The Kier molecular flexibility index (Phi) is 4.05. The summed E-state index contributed by atoms with van der Waals surface area (Å²) in [6.07, 6.45) is 12.1. The number of hydrogen-bond acceptors (Lipinski definition) is 5. The maximum atomic E-state index is 13.1. The maximum absolute atomic E-state index is 13.1. The molecule has 5 aliphatic rings. The van der Waals surface area contributed by atoms with Crippen LogP contribution in [0.2, 0.25) is 0 Å². The Labute approximate surface area is 158 Å². The first-order chi connectivity index (χ1) is 12.5. The van der Waals surface area contributed by atoms with Crippen LogP contribution in [-0.2, 0) is 0 Å². The summed E-state index contributed by atoms with van der Waals surface area (Å²) in [4.78, 5) is 22.2. The van der Waals surface area contributed by atoms with Crippen molar-refractivity contribution in [2.45, 2.75) is 74.1 Å². The highest BCUT2D eigenvalue weighted by Gasteiger charge is 2.55. The van der Waals surface area contributed by atoms with Gasteiger partial charge in [-0.2, -0.15) is 0 Å². The van der Waals surface area contributed by atoms with Crippen LogP contribution in [0.5, 0.6) is 0 Å². The van der Waals surface area contributed by atoms with Crippen molar-refractivity contribution in [2.24, 2.45) is 17.8 Å². The van der Waals surface area contributed by atoms with Crippen LogP contribution >= 0.6 is 11.8 Å². The molecule has 4 bridgehead atoms. The van der Waals surface area contributed by atoms with Crippen molar-refractivity contribution in [1.82, 2.24) is 15.3 Å². The second-order valence-corrected chi connectivity index (χ2v) is 9.75. The highest BCUT2D eigenvalue weighted by Crippen LogP contribution is 2.55. The fourth-order valence-corrected chi connectivity index (χ4v) is 6.44. The highest BCUT2D eigenvalue weighted by molar-refractivity contribution is 7.98. The minimum absolute atomic E-state index is 0.0102. The van der Waals surface area contributed by atoms with E-state index in [4.69, 9.17) is 0 Å². The molecule has 2 atom stereocenters. The molecule has 5 nitrogen and oxygen atoms in total. The molecule has 0 spiro atoms. The first-order valence-corrected chi connectivity index (χ1v) is 11.2. The molecule has 1 amide bonds. The molecule has 2 N–H and O–H groups in total. The highest BCUT2D eigenvalue weighted by atomic mass is 32.2. The van der Waals surface area contributed by atoms with Crippen LogP contribution in [0.3, 0.4) is 0 Å². The van der Waals surface area contributed by atoms with Gasteiger partial charge in [-0.1, -0.05) is 18.2 Å². The number of hydrogen-bond donors (Lipinski definition) is 2. The number of amides is 1. The minimum atomic E-state index is -0.460. The van der Waals surface area contributed by atoms with Crippen molar-refractivity contribution >= 4 is 17.7 Å². The van der Waals surface area contributed by atoms with E-state index in [9.17, 15) is 9.90 Å². The van der Waals surface area contributed by atoms with Gasteiger partial charge in [0.25, 0.3) is 5.91 Å². The average Bonchev–Trinajstić information content (AvgIpc) is 2.55. The Balaban J connectivity index is 1.38. The zero-order valence-corrected chi connectivity index (χ0v) is 16.1. The van der Waals surface area contributed by atoms with Gasteiger partial charge in [0.15, 0.2) is 5.16 Å². The third-order valence-electron chi connectivity index (χ3n) is 7.25. The van der Waals surface area contributed by atoms with Crippen LogP contribution in [0.25, 0.3) is 0 Å².